The molecule has 0 atom stereocenters. The lowest BCUT2D eigenvalue weighted by Gasteiger charge is -1.98. The van der Waals surface area contributed by atoms with E-state index in [4.69, 9.17) is 0 Å². The largest absolute Gasteiger partial charge is 0.256 e. The van der Waals surface area contributed by atoms with Gasteiger partial charge < -0.3 is 0 Å². The van der Waals surface area contributed by atoms with E-state index in [1.807, 2.05) is 30.5 Å². The third-order valence-electron chi connectivity index (χ3n) is 2.26. The zero-order chi connectivity index (χ0) is 11.4. The Balaban J connectivity index is 2.25. The molecule has 0 aliphatic heterocycles. The van der Waals surface area contributed by atoms with Crippen LogP contribution in [0.1, 0.15) is 11.1 Å². The molecule has 0 saturated carbocycles. The first-order valence-electron chi connectivity index (χ1n) is 5.11. The molecule has 2 aromatic carbocycles. The monoisotopic (exact) mass is 321 g/mol. The van der Waals surface area contributed by atoms with E-state index in [-0.39, 0.29) is 0 Å². The van der Waals surface area contributed by atoms with Crippen LogP contribution in [0.4, 0.5) is 5.69 Å². The van der Waals surface area contributed by atoms with Crippen molar-refractivity contribution in [3.8, 4) is 0 Å². The first-order chi connectivity index (χ1) is 7.75. The van der Waals surface area contributed by atoms with Gasteiger partial charge in [-0.3, -0.25) is 4.99 Å². The van der Waals surface area contributed by atoms with Crippen LogP contribution in [0, 0.1) is 10.5 Å². The maximum Gasteiger partial charge on any atom is 0.0632 e. The Kier molecular flexibility index (Phi) is 3.72. The summed E-state index contributed by atoms with van der Waals surface area (Å²) >= 11 is 2.32. The van der Waals surface area contributed by atoms with Crippen molar-refractivity contribution in [2.75, 3.05) is 0 Å². The minimum atomic E-state index is 1.000. The molecular weight excluding hydrogens is 309 g/mol. The molecule has 0 radical (unpaired) electrons. The van der Waals surface area contributed by atoms with Crippen molar-refractivity contribution in [1.29, 1.82) is 0 Å². The summed E-state index contributed by atoms with van der Waals surface area (Å²) in [7, 11) is 0. The van der Waals surface area contributed by atoms with E-state index in [0.717, 1.165) is 11.3 Å². The summed E-state index contributed by atoms with van der Waals surface area (Å²) in [6.07, 6.45) is 1.91. The van der Waals surface area contributed by atoms with Gasteiger partial charge in [-0.25, -0.2) is 0 Å². The second-order valence-electron chi connectivity index (χ2n) is 3.62. The molecule has 1 nitrogen and oxygen atoms in total. The molecule has 0 heterocycles. The summed E-state index contributed by atoms with van der Waals surface area (Å²) in [5.74, 6) is 0. The molecule has 0 amide bonds. The Morgan fingerprint density at radius 3 is 2.62 bits per heavy atom. The molecule has 0 unspecified atom stereocenters. The summed E-state index contributed by atoms with van der Waals surface area (Å²) in [6, 6.07) is 16.4. The molecule has 2 heteroatoms. The standard InChI is InChI=1S/C14H12IN/c1-11-5-4-7-13(9-11)16-10-12-6-2-3-8-14(12)15/h2-10H,1H3. The highest BCUT2D eigenvalue weighted by Crippen LogP contribution is 2.15. The Morgan fingerprint density at radius 2 is 1.88 bits per heavy atom. The van der Waals surface area contributed by atoms with E-state index in [2.05, 4.69) is 58.8 Å². The quantitative estimate of drug-likeness (QED) is 0.576. The first kappa shape index (κ1) is 11.3. The minimum absolute atomic E-state index is 1.000. The van der Waals surface area contributed by atoms with E-state index in [9.17, 15) is 0 Å². The summed E-state index contributed by atoms with van der Waals surface area (Å²) in [4.78, 5) is 4.47. The van der Waals surface area contributed by atoms with Crippen LogP contribution in [0.3, 0.4) is 0 Å². The summed E-state index contributed by atoms with van der Waals surface area (Å²) < 4.78 is 1.22. The molecule has 80 valence electrons. The molecule has 0 saturated heterocycles. The van der Waals surface area contributed by atoms with E-state index < -0.39 is 0 Å². The van der Waals surface area contributed by atoms with Crippen LogP contribution in [0.15, 0.2) is 53.5 Å². The normalized spacial score (nSPS) is 10.9. The molecular formula is C14H12IN. The van der Waals surface area contributed by atoms with Gasteiger partial charge in [0, 0.05) is 15.3 Å². The van der Waals surface area contributed by atoms with Gasteiger partial charge in [0.1, 0.15) is 0 Å². The van der Waals surface area contributed by atoms with Crippen molar-refractivity contribution >= 4 is 34.5 Å². The fourth-order valence-electron chi connectivity index (χ4n) is 1.43. The summed E-state index contributed by atoms with van der Waals surface area (Å²) in [6.45, 7) is 2.07. The molecule has 0 fully saturated rings. The highest BCUT2D eigenvalue weighted by molar-refractivity contribution is 14.1. The van der Waals surface area contributed by atoms with Crippen LogP contribution in [-0.4, -0.2) is 6.21 Å². The van der Waals surface area contributed by atoms with Crippen molar-refractivity contribution in [2.24, 2.45) is 4.99 Å². The SMILES string of the molecule is Cc1cccc(N=Cc2ccccc2I)c1. The summed E-state index contributed by atoms with van der Waals surface area (Å²) in [5, 5.41) is 0. The second-order valence-corrected chi connectivity index (χ2v) is 4.78. The molecule has 0 aliphatic carbocycles. The van der Waals surface area contributed by atoms with Gasteiger partial charge in [0.2, 0.25) is 0 Å². The van der Waals surface area contributed by atoms with Gasteiger partial charge in [0.15, 0.2) is 0 Å². The van der Waals surface area contributed by atoms with E-state index in [0.29, 0.717) is 0 Å². The third-order valence-corrected chi connectivity index (χ3v) is 3.24. The average molecular weight is 321 g/mol. The van der Waals surface area contributed by atoms with Gasteiger partial charge in [-0.1, -0.05) is 30.3 Å². The molecule has 0 spiro atoms. The van der Waals surface area contributed by atoms with E-state index >= 15 is 0 Å². The van der Waals surface area contributed by atoms with Gasteiger partial charge >= 0.3 is 0 Å². The zero-order valence-electron chi connectivity index (χ0n) is 9.02. The minimum Gasteiger partial charge on any atom is -0.256 e. The lowest BCUT2D eigenvalue weighted by molar-refractivity contribution is 1.43. The van der Waals surface area contributed by atoms with Gasteiger partial charge in [0.25, 0.3) is 0 Å². The number of aliphatic imine (C=N–C) groups is 1. The van der Waals surface area contributed by atoms with Gasteiger partial charge in [-0.2, -0.15) is 0 Å². The van der Waals surface area contributed by atoms with Crippen molar-refractivity contribution in [3.05, 3.63) is 63.2 Å². The van der Waals surface area contributed by atoms with E-state index in [1.165, 1.54) is 9.13 Å². The molecule has 16 heavy (non-hydrogen) atoms. The van der Waals surface area contributed by atoms with Gasteiger partial charge in [-0.15, -0.1) is 0 Å². The number of halogens is 1. The number of hydrogen-bond donors (Lipinski definition) is 0. The van der Waals surface area contributed by atoms with Crippen molar-refractivity contribution in [1.82, 2.24) is 0 Å². The van der Waals surface area contributed by atoms with Crippen LogP contribution in [-0.2, 0) is 0 Å². The Bertz CT molecular complexity index is 518. The highest BCUT2D eigenvalue weighted by Gasteiger charge is 1.94. The fraction of sp³-hybridized carbons (Fsp3) is 0.0714. The van der Waals surface area contributed by atoms with E-state index in [1.54, 1.807) is 0 Å². The number of hydrogen-bond acceptors (Lipinski definition) is 1. The van der Waals surface area contributed by atoms with Crippen LogP contribution in [0.2, 0.25) is 0 Å². The second kappa shape index (κ2) is 5.25. The van der Waals surface area contributed by atoms with Crippen molar-refractivity contribution in [2.45, 2.75) is 6.92 Å². The molecule has 0 N–H and O–H groups in total. The fourth-order valence-corrected chi connectivity index (χ4v) is 1.96. The lowest BCUT2D eigenvalue weighted by Crippen LogP contribution is -1.84. The average Bonchev–Trinajstić information content (AvgIpc) is 2.28. The molecule has 2 aromatic rings. The van der Waals surface area contributed by atoms with Crippen LogP contribution in [0.5, 0.6) is 0 Å². The lowest BCUT2D eigenvalue weighted by atomic mass is 10.2. The molecule has 0 bridgehead atoms. The predicted octanol–water partition coefficient (Wildman–Crippen LogP) is 4.35. The third kappa shape index (κ3) is 2.92. The highest BCUT2D eigenvalue weighted by atomic mass is 127. The van der Waals surface area contributed by atoms with Crippen LogP contribution in [0.25, 0.3) is 0 Å². The number of rotatable bonds is 2. The van der Waals surface area contributed by atoms with Crippen molar-refractivity contribution < 1.29 is 0 Å². The Morgan fingerprint density at radius 1 is 1.06 bits per heavy atom. The predicted molar refractivity (Wildman–Crippen MR) is 77.6 cm³/mol. The number of nitrogens with zero attached hydrogens (tertiary/aromatic N) is 1. The number of benzene rings is 2. The Labute approximate surface area is 109 Å². The van der Waals surface area contributed by atoms with Gasteiger partial charge in [0.05, 0.1) is 5.69 Å². The topological polar surface area (TPSA) is 12.4 Å². The molecule has 2 rings (SSSR count). The zero-order valence-corrected chi connectivity index (χ0v) is 11.2. The Hall–Kier alpha value is -1.16. The number of aryl methyl sites for hydroxylation is 1. The summed E-state index contributed by atoms with van der Waals surface area (Å²) in [5.41, 5.74) is 3.39. The van der Waals surface area contributed by atoms with Crippen LogP contribution >= 0.6 is 22.6 Å². The van der Waals surface area contributed by atoms with Crippen molar-refractivity contribution in [3.63, 3.8) is 0 Å². The maximum atomic E-state index is 4.47. The molecule has 0 aliphatic rings. The molecule has 0 aromatic heterocycles. The smallest absolute Gasteiger partial charge is 0.0632 e. The first-order valence-corrected chi connectivity index (χ1v) is 6.19. The maximum absolute atomic E-state index is 4.47. The van der Waals surface area contributed by atoms with Crippen LogP contribution < -0.4 is 0 Å². The van der Waals surface area contributed by atoms with Gasteiger partial charge in [-0.05, 0) is 53.3 Å².